The zero-order valence-corrected chi connectivity index (χ0v) is 5.74. The van der Waals surface area contributed by atoms with Crippen molar-refractivity contribution in [3.63, 3.8) is 0 Å². The molecule has 0 heterocycles. The van der Waals surface area contributed by atoms with Crippen LogP contribution in [0.3, 0.4) is 0 Å². The quantitative estimate of drug-likeness (QED) is 0.429. The van der Waals surface area contributed by atoms with Crippen LogP contribution in [0.4, 0.5) is 0 Å². The first-order valence-electron chi connectivity index (χ1n) is 2.92. The number of hydrogen-bond acceptors (Lipinski definition) is 4. The summed E-state index contributed by atoms with van der Waals surface area (Å²) in [6, 6.07) is 0. The van der Waals surface area contributed by atoms with Gasteiger partial charge < -0.3 is 14.6 Å². The molecule has 0 saturated heterocycles. The van der Waals surface area contributed by atoms with Crippen molar-refractivity contribution >= 4 is 12.3 Å². The Balaban J connectivity index is 3.29. The molecule has 0 bridgehead atoms. The fourth-order valence-electron chi connectivity index (χ4n) is 0.393. The van der Waals surface area contributed by atoms with Crippen molar-refractivity contribution in [2.24, 2.45) is 0 Å². The maximum Gasteiger partial charge on any atom is 0.302 e. The average Bonchev–Trinajstić information content (AvgIpc) is 1.85. The number of carbonyl (C=O) groups is 2. The molecule has 0 rings (SSSR count). The molecule has 58 valence electrons. The minimum atomic E-state index is -0.860. The number of carbonyl (C=O) groups excluding carboxylic acids is 2. The molecule has 0 radical (unpaired) electrons. The maximum atomic E-state index is 10.1. The average molecular weight is 146 g/mol. The summed E-state index contributed by atoms with van der Waals surface area (Å²) in [6.07, 6.45) is -0.275. The Hall–Kier alpha value is -0.900. The first kappa shape index (κ1) is 9.10. The number of ether oxygens (including phenoxy) is 1. The van der Waals surface area contributed by atoms with E-state index in [1.54, 1.807) is 0 Å². The predicted octanol–water partition coefficient (Wildman–Crippen LogP) is -0.501. The largest absolute Gasteiger partial charge is 0.463 e. The monoisotopic (exact) mass is 146 g/mol. The molecule has 0 aromatic carbocycles. The van der Waals surface area contributed by atoms with Crippen LogP contribution in [0.25, 0.3) is 0 Å². The summed E-state index contributed by atoms with van der Waals surface area (Å²) in [6.45, 7) is 1.14. The molecule has 0 amide bonds. The summed E-state index contributed by atoms with van der Waals surface area (Å²) in [5.41, 5.74) is 0. The lowest BCUT2D eigenvalue weighted by atomic mass is 10.3. The van der Waals surface area contributed by atoms with Crippen molar-refractivity contribution in [2.45, 2.75) is 19.4 Å². The van der Waals surface area contributed by atoms with E-state index in [4.69, 9.17) is 5.11 Å². The van der Waals surface area contributed by atoms with Crippen LogP contribution in [0, 0.1) is 0 Å². The summed E-state index contributed by atoms with van der Waals surface area (Å²) in [4.78, 5) is 19.9. The van der Waals surface area contributed by atoms with Gasteiger partial charge in [-0.1, -0.05) is 0 Å². The fourth-order valence-corrected chi connectivity index (χ4v) is 0.393. The van der Waals surface area contributed by atoms with Crippen LogP contribution < -0.4 is 0 Å². The van der Waals surface area contributed by atoms with Gasteiger partial charge in [-0.3, -0.25) is 4.79 Å². The van der Waals surface area contributed by atoms with Gasteiger partial charge in [0.2, 0.25) is 0 Å². The molecule has 0 aromatic heterocycles. The zero-order valence-electron chi connectivity index (χ0n) is 5.74. The van der Waals surface area contributed by atoms with Gasteiger partial charge in [0.25, 0.3) is 0 Å². The van der Waals surface area contributed by atoms with Crippen molar-refractivity contribution < 1.29 is 19.4 Å². The highest BCUT2D eigenvalue weighted by Gasteiger charge is 2.03. The second-order valence-electron chi connectivity index (χ2n) is 1.86. The third-order valence-corrected chi connectivity index (χ3v) is 0.847. The van der Waals surface area contributed by atoms with E-state index in [1.807, 2.05) is 0 Å². The fraction of sp³-hybridized carbons (Fsp3) is 0.667. The maximum absolute atomic E-state index is 10.1. The number of aldehydes is 1. The van der Waals surface area contributed by atoms with Gasteiger partial charge in [0.1, 0.15) is 12.9 Å². The first-order valence-corrected chi connectivity index (χ1v) is 2.92. The Morgan fingerprint density at radius 3 is 2.80 bits per heavy atom. The Bertz CT molecular complexity index is 121. The molecule has 1 N–H and O–H groups in total. The van der Waals surface area contributed by atoms with E-state index in [0.29, 0.717) is 6.29 Å². The number of aliphatic hydroxyl groups excluding tert-OH is 1. The van der Waals surface area contributed by atoms with Crippen LogP contribution in [0.2, 0.25) is 0 Å². The minimum Gasteiger partial charge on any atom is -0.463 e. The molecular weight excluding hydrogens is 136 g/mol. The molecule has 0 spiro atoms. The molecular formula is C6H10O4. The molecule has 0 saturated carbocycles. The Morgan fingerprint density at radius 2 is 2.40 bits per heavy atom. The van der Waals surface area contributed by atoms with Crippen molar-refractivity contribution in [1.29, 1.82) is 0 Å². The molecule has 0 aliphatic rings. The summed E-state index contributed by atoms with van der Waals surface area (Å²) < 4.78 is 4.41. The van der Waals surface area contributed by atoms with Crippen molar-refractivity contribution in [2.75, 3.05) is 6.61 Å². The second kappa shape index (κ2) is 4.93. The smallest absolute Gasteiger partial charge is 0.302 e. The van der Waals surface area contributed by atoms with Crippen molar-refractivity contribution in [3.8, 4) is 0 Å². The van der Waals surface area contributed by atoms with Crippen LogP contribution in [0.1, 0.15) is 13.3 Å². The Kier molecular flexibility index (Phi) is 4.49. The molecule has 0 aliphatic carbocycles. The third kappa shape index (κ3) is 5.24. The SMILES string of the molecule is CC(=O)OC[C@H](O)CC=O. The van der Waals surface area contributed by atoms with Gasteiger partial charge in [0.15, 0.2) is 0 Å². The van der Waals surface area contributed by atoms with Crippen molar-refractivity contribution in [3.05, 3.63) is 0 Å². The highest BCUT2D eigenvalue weighted by molar-refractivity contribution is 5.65. The summed E-state index contributed by atoms with van der Waals surface area (Å²) >= 11 is 0. The van der Waals surface area contributed by atoms with E-state index in [1.165, 1.54) is 6.92 Å². The van der Waals surface area contributed by atoms with Gasteiger partial charge in [0, 0.05) is 13.3 Å². The van der Waals surface area contributed by atoms with Crippen molar-refractivity contribution in [1.82, 2.24) is 0 Å². The number of hydrogen-bond donors (Lipinski definition) is 1. The van der Waals surface area contributed by atoms with E-state index < -0.39 is 12.1 Å². The summed E-state index contributed by atoms with van der Waals surface area (Å²) in [5.74, 6) is -0.454. The van der Waals surface area contributed by atoms with Gasteiger partial charge in [-0.25, -0.2) is 0 Å². The predicted molar refractivity (Wildman–Crippen MR) is 33.3 cm³/mol. The zero-order chi connectivity index (χ0) is 7.98. The van der Waals surface area contributed by atoms with Crippen LogP contribution in [-0.4, -0.2) is 30.1 Å². The lowest BCUT2D eigenvalue weighted by Crippen LogP contribution is -2.17. The molecule has 1 atom stereocenters. The molecule has 0 fully saturated rings. The Morgan fingerprint density at radius 1 is 1.80 bits per heavy atom. The standard InChI is InChI=1S/C6H10O4/c1-5(8)10-4-6(9)2-3-7/h3,6,9H,2,4H2,1H3/t6-/m1/s1. The highest BCUT2D eigenvalue weighted by atomic mass is 16.5. The Labute approximate surface area is 58.8 Å². The van der Waals surface area contributed by atoms with Gasteiger partial charge in [-0.2, -0.15) is 0 Å². The summed E-state index contributed by atoms with van der Waals surface area (Å²) in [5, 5.41) is 8.79. The van der Waals surface area contributed by atoms with E-state index in [2.05, 4.69) is 4.74 Å². The molecule has 0 unspecified atom stereocenters. The molecule has 4 nitrogen and oxygen atoms in total. The normalized spacial score (nSPS) is 12.2. The number of rotatable bonds is 4. The van der Waals surface area contributed by atoms with E-state index in [9.17, 15) is 9.59 Å². The van der Waals surface area contributed by atoms with Crippen LogP contribution in [0.5, 0.6) is 0 Å². The number of aliphatic hydroxyl groups is 1. The first-order chi connectivity index (χ1) is 4.66. The second-order valence-corrected chi connectivity index (χ2v) is 1.86. The van der Waals surface area contributed by atoms with E-state index in [0.717, 1.165) is 0 Å². The molecule has 10 heavy (non-hydrogen) atoms. The molecule has 0 aliphatic heterocycles. The minimum absolute atomic E-state index is 0.00722. The van der Waals surface area contributed by atoms with E-state index >= 15 is 0 Å². The third-order valence-electron chi connectivity index (χ3n) is 0.847. The topological polar surface area (TPSA) is 63.6 Å². The van der Waals surface area contributed by atoms with Gasteiger partial charge >= 0.3 is 5.97 Å². The van der Waals surface area contributed by atoms with Crippen LogP contribution in [-0.2, 0) is 14.3 Å². The van der Waals surface area contributed by atoms with Gasteiger partial charge in [-0.15, -0.1) is 0 Å². The van der Waals surface area contributed by atoms with E-state index in [-0.39, 0.29) is 13.0 Å². The lowest BCUT2D eigenvalue weighted by molar-refractivity contribution is -0.144. The van der Waals surface area contributed by atoms with Crippen LogP contribution >= 0.6 is 0 Å². The van der Waals surface area contributed by atoms with Gasteiger partial charge in [-0.05, 0) is 0 Å². The molecule has 0 aromatic rings. The van der Waals surface area contributed by atoms with Crippen LogP contribution in [0.15, 0.2) is 0 Å². The number of esters is 1. The summed E-state index contributed by atoms with van der Waals surface area (Å²) in [7, 11) is 0. The highest BCUT2D eigenvalue weighted by Crippen LogP contribution is 1.88. The van der Waals surface area contributed by atoms with Gasteiger partial charge in [0.05, 0.1) is 6.10 Å². The molecule has 4 heteroatoms. The lowest BCUT2D eigenvalue weighted by Gasteiger charge is -2.05.